The van der Waals surface area contributed by atoms with Crippen LogP contribution in [0.15, 0.2) is 77.8 Å². The Hall–Kier alpha value is -4.70. The first-order valence-electron chi connectivity index (χ1n) is 12.7. The Morgan fingerprint density at radius 2 is 1.85 bits per heavy atom. The third kappa shape index (κ3) is 5.26. The van der Waals surface area contributed by atoms with Gasteiger partial charge in [-0.05, 0) is 55.1 Å². The van der Waals surface area contributed by atoms with Gasteiger partial charge in [-0.2, -0.15) is 0 Å². The molecule has 40 heavy (non-hydrogen) atoms. The Balaban J connectivity index is 1.16. The number of aryl methyl sites for hydroxylation is 1. The molecule has 0 spiro atoms. The molecule has 0 aliphatic carbocycles. The lowest BCUT2D eigenvalue weighted by molar-refractivity contribution is -0.123. The summed E-state index contributed by atoms with van der Waals surface area (Å²) in [5.41, 5.74) is 3.30. The molecule has 202 valence electrons. The molecule has 1 aromatic heterocycles. The number of ether oxygens (including phenoxy) is 3. The van der Waals surface area contributed by atoms with Crippen LogP contribution in [0.1, 0.15) is 11.1 Å². The topological polar surface area (TPSA) is 99.1 Å². The fourth-order valence-corrected chi connectivity index (χ4v) is 5.43. The zero-order valence-electron chi connectivity index (χ0n) is 21.6. The Kier molecular flexibility index (Phi) is 6.91. The molecule has 1 N–H and O–H groups in total. The molecule has 3 aromatic carbocycles. The number of anilines is 1. The monoisotopic (exact) mass is 555 g/mol. The van der Waals surface area contributed by atoms with E-state index in [-0.39, 0.29) is 43.5 Å². The number of nitrogens with one attached hydrogen (secondary N) is 1. The van der Waals surface area contributed by atoms with Crippen molar-refractivity contribution in [1.29, 1.82) is 0 Å². The highest BCUT2D eigenvalue weighted by atomic mass is 32.2. The second-order valence-corrected chi connectivity index (χ2v) is 10.3. The molecular formula is C30H25N3O6S. The van der Waals surface area contributed by atoms with Gasteiger partial charge in [0.2, 0.25) is 12.7 Å². The number of hydrogen-bond donors (Lipinski definition) is 1. The number of para-hydroxylation sites is 1. The Bertz CT molecular complexity index is 1660. The maximum Gasteiger partial charge on any atom is 0.293 e. The predicted molar refractivity (Wildman–Crippen MR) is 152 cm³/mol. The first kappa shape index (κ1) is 25.6. The molecule has 0 saturated carbocycles. The summed E-state index contributed by atoms with van der Waals surface area (Å²) in [5.74, 6) is 1.33. The summed E-state index contributed by atoms with van der Waals surface area (Å²) in [6.45, 7) is 2.56. The highest BCUT2D eigenvalue weighted by Crippen LogP contribution is 2.35. The molecule has 1 fully saturated rings. The second kappa shape index (κ2) is 10.8. The number of rotatable bonds is 8. The third-order valence-electron chi connectivity index (χ3n) is 6.55. The number of nitrogens with zero attached hydrogens (tertiary/aromatic N) is 2. The second-order valence-electron chi connectivity index (χ2n) is 9.34. The van der Waals surface area contributed by atoms with E-state index in [1.165, 1.54) is 4.90 Å². The van der Waals surface area contributed by atoms with Crippen LogP contribution in [0, 0.1) is 6.92 Å². The highest BCUT2D eigenvalue weighted by molar-refractivity contribution is 8.18. The van der Waals surface area contributed by atoms with E-state index in [1.807, 2.05) is 66.2 Å². The quantitative estimate of drug-likeness (QED) is 0.289. The van der Waals surface area contributed by atoms with Gasteiger partial charge in [0, 0.05) is 34.4 Å². The Labute approximate surface area is 234 Å². The van der Waals surface area contributed by atoms with Crippen molar-refractivity contribution in [3.05, 3.63) is 89.0 Å². The van der Waals surface area contributed by atoms with Crippen LogP contribution in [0.5, 0.6) is 17.2 Å². The minimum atomic E-state index is -0.361. The van der Waals surface area contributed by atoms with E-state index in [4.69, 9.17) is 14.2 Å². The molecule has 6 rings (SSSR count). The van der Waals surface area contributed by atoms with Gasteiger partial charge in [-0.3, -0.25) is 19.3 Å². The minimum absolute atomic E-state index is 0.0562. The predicted octanol–water partition coefficient (Wildman–Crippen LogP) is 5.43. The van der Waals surface area contributed by atoms with E-state index < -0.39 is 0 Å². The molecule has 0 atom stereocenters. The summed E-state index contributed by atoms with van der Waals surface area (Å²) in [7, 11) is 0. The van der Waals surface area contributed by atoms with Crippen LogP contribution in [0.3, 0.4) is 0 Å². The van der Waals surface area contributed by atoms with Crippen molar-refractivity contribution in [3.8, 4) is 17.2 Å². The van der Waals surface area contributed by atoms with Crippen molar-refractivity contribution in [3.63, 3.8) is 0 Å². The van der Waals surface area contributed by atoms with Gasteiger partial charge in [-0.1, -0.05) is 35.9 Å². The van der Waals surface area contributed by atoms with Crippen LogP contribution in [0.25, 0.3) is 17.0 Å². The SMILES string of the molecule is Cc1ccc(OCCN2C(=O)S/C(=C\c3cn(CC(=O)Nc4ccc5c(c4)OCO5)c4ccccc34)C2=O)cc1. The lowest BCUT2D eigenvalue weighted by Crippen LogP contribution is -2.32. The van der Waals surface area contributed by atoms with Gasteiger partial charge in [-0.15, -0.1) is 0 Å². The number of hydrogen-bond acceptors (Lipinski definition) is 7. The zero-order valence-corrected chi connectivity index (χ0v) is 22.4. The van der Waals surface area contributed by atoms with Crippen molar-refractivity contribution in [2.24, 2.45) is 0 Å². The van der Waals surface area contributed by atoms with Crippen molar-refractivity contribution in [1.82, 2.24) is 9.47 Å². The van der Waals surface area contributed by atoms with Crippen molar-refractivity contribution in [2.45, 2.75) is 13.5 Å². The van der Waals surface area contributed by atoms with E-state index in [2.05, 4.69) is 5.32 Å². The Morgan fingerprint density at radius 1 is 1.05 bits per heavy atom. The maximum absolute atomic E-state index is 13.1. The third-order valence-corrected chi connectivity index (χ3v) is 7.46. The van der Waals surface area contributed by atoms with Crippen LogP contribution in [0.2, 0.25) is 0 Å². The largest absolute Gasteiger partial charge is 0.492 e. The molecule has 0 radical (unpaired) electrons. The molecule has 1 saturated heterocycles. The summed E-state index contributed by atoms with van der Waals surface area (Å²) >= 11 is 0.900. The number of carbonyl (C=O) groups excluding carboxylic acids is 3. The fraction of sp³-hybridized carbons (Fsp3) is 0.167. The van der Waals surface area contributed by atoms with E-state index in [0.29, 0.717) is 27.8 Å². The average Bonchev–Trinajstić information content (AvgIpc) is 3.62. The van der Waals surface area contributed by atoms with Gasteiger partial charge in [0.1, 0.15) is 18.9 Å². The van der Waals surface area contributed by atoms with Crippen LogP contribution in [-0.2, 0) is 16.1 Å². The molecule has 4 aromatic rings. The fourth-order valence-electron chi connectivity index (χ4n) is 4.57. The van der Waals surface area contributed by atoms with Gasteiger partial charge in [0.25, 0.3) is 11.1 Å². The van der Waals surface area contributed by atoms with E-state index >= 15 is 0 Å². The molecule has 0 unspecified atom stereocenters. The molecule has 2 aliphatic heterocycles. The lowest BCUT2D eigenvalue weighted by atomic mass is 10.1. The summed E-state index contributed by atoms with van der Waals surface area (Å²) in [6.07, 6.45) is 3.53. The number of fused-ring (bicyclic) bond motifs is 2. The van der Waals surface area contributed by atoms with E-state index in [0.717, 1.165) is 33.8 Å². The number of aromatic nitrogens is 1. The molecule has 3 heterocycles. The van der Waals surface area contributed by atoms with Crippen molar-refractivity contribution in [2.75, 3.05) is 25.3 Å². The Morgan fingerprint density at radius 3 is 2.70 bits per heavy atom. The summed E-state index contributed by atoms with van der Waals surface area (Å²) in [4.78, 5) is 40.1. The first-order valence-corrected chi connectivity index (χ1v) is 13.5. The molecular weight excluding hydrogens is 530 g/mol. The molecule has 0 bridgehead atoms. The number of benzene rings is 3. The van der Waals surface area contributed by atoms with Gasteiger partial charge >= 0.3 is 0 Å². The molecule has 10 heteroatoms. The lowest BCUT2D eigenvalue weighted by Gasteiger charge is -2.13. The number of carbonyl (C=O) groups is 3. The van der Waals surface area contributed by atoms with Gasteiger partial charge in [-0.25, -0.2) is 0 Å². The minimum Gasteiger partial charge on any atom is -0.492 e. The number of thioether (sulfide) groups is 1. The summed E-state index contributed by atoms with van der Waals surface area (Å²) in [5, 5.41) is 3.42. The van der Waals surface area contributed by atoms with Crippen LogP contribution in [-0.4, -0.2) is 46.5 Å². The highest BCUT2D eigenvalue weighted by Gasteiger charge is 2.35. The smallest absolute Gasteiger partial charge is 0.293 e. The normalized spacial score (nSPS) is 15.3. The van der Waals surface area contributed by atoms with E-state index in [1.54, 1.807) is 24.3 Å². The van der Waals surface area contributed by atoms with Crippen LogP contribution in [0.4, 0.5) is 10.5 Å². The van der Waals surface area contributed by atoms with Gasteiger partial charge in [0.05, 0.1) is 11.4 Å². The average molecular weight is 556 g/mol. The standard InChI is InChI=1S/C30H25N3O6S/c1-19-6-9-22(10-7-19)37-13-12-33-29(35)27(40-30(33)36)14-20-16-32(24-5-3-2-4-23(20)24)17-28(34)31-21-8-11-25-26(15-21)39-18-38-25/h2-11,14-16H,12-13,17-18H2,1H3,(H,31,34)/b27-14-. The maximum atomic E-state index is 13.1. The molecule has 3 amide bonds. The number of amides is 3. The molecule has 2 aliphatic rings. The van der Waals surface area contributed by atoms with Crippen molar-refractivity contribution < 1.29 is 28.6 Å². The van der Waals surface area contributed by atoms with Gasteiger partial charge < -0.3 is 24.1 Å². The summed E-state index contributed by atoms with van der Waals surface area (Å²) < 4.78 is 18.2. The van der Waals surface area contributed by atoms with Crippen LogP contribution >= 0.6 is 11.8 Å². The first-order chi connectivity index (χ1) is 19.4. The number of imide groups is 1. The van der Waals surface area contributed by atoms with Crippen molar-refractivity contribution >= 4 is 51.5 Å². The molecule has 9 nitrogen and oxygen atoms in total. The summed E-state index contributed by atoms with van der Waals surface area (Å²) in [6, 6.07) is 20.4. The van der Waals surface area contributed by atoms with Gasteiger partial charge in [0.15, 0.2) is 11.5 Å². The zero-order chi connectivity index (χ0) is 27.6. The van der Waals surface area contributed by atoms with Crippen LogP contribution < -0.4 is 19.5 Å². The van der Waals surface area contributed by atoms with E-state index in [9.17, 15) is 14.4 Å².